The van der Waals surface area contributed by atoms with Crippen molar-refractivity contribution in [1.82, 2.24) is 20.3 Å². The van der Waals surface area contributed by atoms with Gasteiger partial charge in [-0.1, -0.05) is 6.07 Å². The minimum Gasteiger partial charge on any atom is -0.348 e. The van der Waals surface area contributed by atoms with Crippen LogP contribution in [0.15, 0.2) is 47.4 Å². The Balaban J connectivity index is 1.72. The first-order valence-electron chi connectivity index (χ1n) is 10.4. The van der Waals surface area contributed by atoms with Crippen LogP contribution < -0.4 is 15.8 Å². The van der Waals surface area contributed by atoms with E-state index in [0.29, 0.717) is 40.4 Å². The Hall–Kier alpha value is -3.94. The molecule has 162 valence electrons. The highest BCUT2D eigenvalue weighted by Crippen LogP contribution is 2.36. The van der Waals surface area contributed by atoms with Gasteiger partial charge in [-0.15, -0.1) is 0 Å². The number of nitrogens with zero attached hydrogens (tertiary/aromatic N) is 2. The molecule has 32 heavy (non-hydrogen) atoms. The zero-order chi connectivity index (χ0) is 22.6. The van der Waals surface area contributed by atoms with E-state index >= 15 is 0 Å². The third-order valence-electron chi connectivity index (χ3n) is 5.77. The highest BCUT2D eigenvalue weighted by molar-refractivity contribution is 6.02. The predicted molar refractivity (Wildman–Crippen MR) is 122 cm³/mol. The third-order valence-corrected chi connectivity index (χ3v) is 5.77. The van der Waals surface area contributed by atoms with Gasteiger partial charge in [-0.2, -0.15) is 0 Å². The van der Waals surface area contributed by atoms with Crippen LogP contribution in [0.5, 0.6) is 0 Å². The van der Waals surface area contributed by atoms with Gasteiger partial charge < -0.3 is 20.2 Å². The van der Waals surface area contributed by atoms with Gasteiger partial charge >= 0.3 is 0 Å². The lowest BCUT2D eigenvalue weighted by molar-refractivity contribution is 0.0966. The smallest absolute Gasteiger partial charge is 0.261 e. The zero-order valence-electron chi connectivity index (χ0n) is 17.9. The van der Waals surface area contributed by atoms with Crippen LogP contribution in [0.25, 0.3) is 22.4 Å². The first kappa shape index (κ1) is 20.0. The number of nitrogens with one attached hydrogen (secondary N) is 3. The van der Waals surface area contributed by atoms with Gasteiger partial charge in [0.15, 0.2) is 0 Å². The maximum Gasteiger partial charge on any atom is 0.261 e. The van der Waals surface area contributed by atoms with Gasteiger partial charge in [-0.05, 0) is 62.2 Å². The van der Waals surface area contributed by atoms with Gasteiger partial charge in [0, 0.05) is 30.0 Å². The maximum atomic E-state index is 14.1. The van der Waals surface area contributed by atoms with E-state index in [4.69, 9.17) is 0 Å². The second kappa shape index (κ2) is 7.33. The summed E-state index contributed by atoms with van der Waals surface area (Å²) in [6, 6.07) is 9.97. The Kier molecular flexibility index (Phi) is 4.58. The van der Waals surface area contributed by atoms with Crippen molar-refractivity contribution >= 4 is 28.3 Å². The number of H-pyrrole nitrogens is 2. The number of aromatic amines is 2. The Morgan fingerprint density at radius 1 is 1.09 bits per heavy atom. The number of aromatic nitrogens is 3. The van der Waals surface area contributed by atoms with E-state index in [2.05, 4.69) is 20.3 Å². The second-order valence-electron chi connectivity index (χ2n) is 8.26. The topological polar surface area (TPSA) is 93.9 Å². The number of hydrogen-bond donors (Lipinski definition) is 3. The fourth-order valence-corrected chi connectivity index (χ4v) is 4.27. The molecule has 0 aliphatic carbocycles. The van der Waals surface area contributed by atoms with Crippen LogP contribution in [0.3, 0.4) is 0 Å². The van der Waals surface area contributed by atoms with Crippen molar-refractivity contribution in [3.8, 4) is 11.4 Å². The number of aryl methyl sites for hydroxylation is 1. The fraction of sp³-hybridized carbons (Fsp3) is 0.208. The van der Waals surface area contributed by atoms with Crippen molar-refractivity contribution in [2.75, 3.05) is 4.90 Å². The molecule has 4 aromatic rings. The lowest BCUT2D eigenvalue weighted by Gasteiger charge is -2.31. The number of rotatable bonds is 4. The van der Waals surface area contributed by atoms with Crippen molar-refractivity contribution in [3.05, 3.63) is 75.5 Å². The summed E-state index contributed by atoms with van der Waals surface area (Å²) in [6.45, 7) is 6.34. The molecule has 0 saturated carbocycles. The molecule has 0 saturated heterocycles. The zero-order valence-corrected chi connectivity index (χ0v) is 17.9. The summed E-state index contributed by atoms with van der Waals surface area (Å²) in [5, 5.41) is 2.80. The van der Waals surface area contributed by atoms with Gasteiger partial charge in [-0.25, -0.2) is 9.37 Å². The maximum absolute atomic E-state index is 14.1. The molecule has 8 heteroatoms. The summed E-state index contributed by atoms with van der Waals surface area (Å²) in [5.41, 5.74) is 5.04. The summed E-state index contributed by atoms with van der Waals surface area (Å²) in [5.74, 6) is -0.0860. The average molecular weight is 431 g/mol. The molecule has 1 amide bonds. The molecule has 0 unspecified atom stereocenters. The van der Waals surface area contributed by atoms with Gasteiger partial charge in [0.1, 0.15) is 17.2 Å². The van der Waals surface area contributed by atoms with Crippen LogP contribution in [0.1, 0.15) is 35.3 Å². The van der Waals surface area contributed by atoms with Crippen LogP contribution in [0, 0.1) is 12.7 Å². The number of carbonyl (C=O) groups is 1. The molecule has 0 fully saturated rings. The lowest BCUT2D eigenvalue weighted by Crippen LogP contribution is -2.29. The largest absolute Gasteiger partial charge is 0.348 e. The van der Waals surface area contributed by atoms with E-state index in [-0.39, 0.29) is 23.3 Å². The number of halogens is 1. The summed E-state index contributed by atoms with van der Waals surface area (Å²) in [4.78, 5) is 37.6. The Morgan fingerprint density at radius 2 is 1.91 bits per heavy atom. The third kappa shape index (κ3) is 3.15. The molecule has 2 aromatic carbocycles. The van der Waals surface area contributed by atoms with Crippen molar-refractivity contribution in [1.29, 1.82) is 0 Å². The summed E-state index contributed by atoms with van der Waals surface area (Å²) in [6.07, 6.45) is 1.58. The van der Waals surface area contributed by atoms with Gasteiger partial charge in [0.05, 0.1) is 16.7 Å². The monoisotopic (exact) mass is 431 g/mol. The van der Waals surface area contributed by atoms with Crippen LogP contribution in [-0.4, -0.2) is 26.9 Å². The molecule has 1 aliphatic rings. The van der Waals surface area contributed by atoms with E-state index in [9.17, 15) is 14.0 Å². The number of amides is 1. The average Bonchev–Trinajstić information content (AvgIpc) is 3.32. The SMILES string of the molecule is Cc1ccc(F)cc1N(c1cc[nH]c(=O)c1-c1nc2cc3c(cc2[nH]1)CNC3=O)C(C)C. The number of imidazole rings is 1. The number of hydrogen-bond acceptors (Lipinski definition) is 4. The molecule has 0 spiro atoms. The fourth-order valence-electron chi connectivity index (χ4n) is 4.27. The van der Waals surface area contributed by atoms with E-state index in [1.807, 2.05) is 31.7 Å². The Labute approximate surface area is 183 Å². The molecule has 3 N–H and O–H groups in total. The van der Waals surface area contributed by atoms with Crippen molar-refractivity contribution in [2.45, 2.75) is 33.4 Å². The second-order valence-corrected chi connectivity index (χ2v) is 8.26. The Morgan fingerprint density at radius 3 is 2.69 bits per heavy atom. The molecular formula is C24H22FN5O2. The molecule has 1 aliphatic heterocycles. The number of benzene rings is 2. The molecule has 2 aromatic heterocycles. The van der Waals surface area contributed by atoms with Crippen LogP contribution in [0.4, 0.5) is 15.8 Å². The van der Waals surface area contributed by atoms with Crippen LogP contribution >= 0.6 is 0 Å². The molecule has 3 heterocycles. The highest BCUT2D eigenvalue weighted by atomic mass is 19.1. The molecule has 0 atom stereocenters. The van der Waals surface area contributed by atoms with Crippen molar-refractivity contribution < 1.29 is 9.18 Å². The lowest BCUT2D eigenvalue weighted by atomic mass is 10.1. The molecular weight excluding hydrogens is 409 g/mol. The normalized spacial score (nSPS) is 13.0. The number of anilines is 2. The van der Waals surface area contributed by atoms with E-state index in [0.717, 1.165) is 16.6 Å². The standard InChI is InChI=1S/C24H22FN5O2/c1-12(2)30(20-9-15(25)5-4-13(20)3)19-6-7-26-24(32)21(19)22-28-17-8-14-11-27-23(31)16(14)10-18(17)29-22/h4-10,12H,11H2,1-3H3,(H,26,32)(H,27,31)(H,28,29). The highest BCUT2D eigenvalue weighted by Gasteiger charge is 2.25. The van der Waals surface area contributed by atoms with E-state index < -0.39 is 0 Å². The predicted octanol–water partition coefficient (Wildman–Crippen LogP) is 4.16. The Bertz CT molecular complexity index is 1440. The van der Waals surface area contributed by atoms with E-state index in [1.54, 1.807) is 24.4 Å². The number of fused-ring (bicyclic) bond motifs is 2. The summed E-state index contributed by atoms with van der Waals surface area (Å²) in [7, 11) is 0. The molecule has 0 radical (unpaired) electrons. The minimum atomic E-state index is -0.348. The summed E-state index contributed by atoms with van der Waals surface area (Å²) < 4.78 is 14.1. The van der Waals surface area contributed by atoms with Gasteiger partial charge in [0.25, 0.3) is 11.5 Å². The van der Waals surface area contributed by atoms with Gasteiger partial charge in [-0.3, -0.25) is 9.59 Å². The first-order valence-corrected chi connectivity index (χ1v) is 10.4. The van der Waals surface area contributed by atoms with Crippen molar-refractivity contribution in [2.24, 2.45) is 0 Å². The molecule has 5 rings (SSSR count). The molecule has 0 bridgehead atoms. The summed E-state index contributed by atoms with van der Waals surface area (Å²) >= 11 is 0. The van der Waals surface area contributed by atoms with Crippen LogP contribution in [0.2, 0.25) is 0 Å². The van der Waals surface area contributed by atoms with Gasteiger partial charge in [0.2, 0.25) is 0 Å². The van der Waals surface area contributed by atoms with Crippen molar-refractivity contribution in [3.63, 3.8) is 0 Å². The minimum absolute atomic E-state index is 0.0621. The number of carbonyl (C=O) groups excluding carboxylic acids is 1. The first-order chi connectivity index (χ1) is 15.3. The number of pyridine rings is 1. The molecule has 7 nitrogen and oxygen atoms in total. The van der Waals surface area contributed by atoms with Crippen LogP contribution in [-0.2, 0) is 6.54 Å². The van der Waals surface area contributed by atoms with E-state index in [1.165, 1.54) is 12.1 Å². The quantitative estimate of drug-likeness (QED) is 0.452.